The lowest BCUT2D eigenvalue weighted by Crippen LogP contribution is -2.41. The largest absolute Gasteiger partial charge is 0.492 e. The van der Waals surface area contributed by atoms with Crippen molar-refractivity contribution >= 4 is 31.6 Å². The zero-order valence-corrected chi connectivity index (χ0v) is 23.2. The summed E-state index contributed by atoms with van der Waals surface area (Å²) in [7, 11) is -7.58. The maximum Gasteiger partial charge on any atom is 0.264 e. The molecule has 1 saturated heterocycles. The highest BCUT2D eigenvalue weighted by Gasteiger charge is 2.27. The van der Waals surface area contributed by atoms with Crippen molar-refractivity contribution in [2.24, 2.45) is 0 Å². The molecule has 1 N–H and O–H groups in total. The van der Waals surface area contributed by atoms with E-state index in [2.05, 4.69) is 5.32 Å². The number of morpholine rings is 1. The highest BCUT2D eigenvalue weighted by atomic mass is 32.2. The highest BCUT2D eigenvalue weighted by Crippen LogP contribution is 2.24. The molecular formula is C27H31N3O7S2. The standard InChI is InChI=1S/C27H31N3O7S2/c1-22-7-9-23(10-8-22)30(39(34,35)25-5-3-2-4-6-25)21-27(31)28-15-18-37-24-11-13-26(14-12-24)38(32,33)29-16-19-36-20-17-29/h2-14H,15-21H2,1H3,(H,28,31). The Hall–Kier alpha value is -3.45. The van der Waals surface area contributed by atoms with E-state index in [0.717, 1.165) is 9.87 Å². The fourth-order valence-corrected chi connectivity index (χ4v) is 6.79. The van der Waals surface area contributed by atoms with Gasteiger partial charge in [0.05, 0.1) is 35.2 Å². The second kappa shape index (κ2) is 12.6. The van der Waals surface area contributed by atoms with Crippen molar-refractivity contribution < 1.29 is 31.1 Å². The van der Waals surface area contributed by atoms with E-state index in [4.69, 9.17) is 9.47 Å². The molecule has 1 amide bonds. The number of amides is 1. The molecule has 0 radical (unpaired) electrons. The van der Waals surface area contributed by atoms with E-state index in [1.807, 2.05) is 6.92 Å². The van der Waals surface area contributed by atoms with E-state index >= 15 is 0 Å². The summed E-state index contributed by atoms with van der Waals surface area (Å²) in [4.78, 5) is 13.0. The van der Waals surface area contributed by atoms with Gasteiger partial charge in [0, 0.05) is 13.1 Å². The lowest BCUT2D eigenvalue weighted by molar-refractivity contribution is -0.119. The lowest BCUT2D eigenvalue weighted by Gasteiger charge is -2.26. The molecule has 0 saturated carbocycles. The molecule has 3 aromatic rings. The molecule has 208 valence electrons. The van der Waals surface area contributed by atoms with Crippen molar-refractivity contribution in [1.29, 1.82) is 0 Å². The Labute approximate surface area is 229 Å². The summed E-state index contributed by atoms with van der Waals surface area (Å²) < 4.78 is 65.5. The van der Waals surface area contributed by atoms with Gasteiger partial charge in [0.15, 0.2) is 0 Å². The second-order valence-electron chi connectivity index (χ2n) is 8.85. The summed E-state index contributed by atoms with van der Waals surface area (Å²) in [6, 6.07) is 20.9. The molecule has 0 bridgehead atoms. The molecule has 0 spiro atoms. The normalized spacial score (nSPS) is 14.5. The van der Waals surface area contributed by atoms with Crippen LogP contribution in [-0.2, 0) is 29.6 Å². The van der Waals surface area contributed by atoms with Gasteiger partial charge in [-0.05, 0) is 55.5 Å². The van der Waals surface area contributed by atoms with Gasteiger partial charge in [-0.25, -0.2) is 16.8 Å². The Kier molecular flexibility index (Phi) is 9.23. The van der Waals surface area contributed by atoms with Crippen LogP contribution in [0.3, 0.4) is 0 Å². The molecule has 1 aliphatic heterocycles. The van der Waals surface area contributed by atoms with E-state index in [1.165, 1.54) is 28.6 Å². The van der Waals surface area contributed by atoms with Crippen molar-refractivity contribution in [1.82, 2.24) is 9.62 Å². The Morgan fingerprint density at radius 2 is 1.54 bits per heavy atom. The number of sulfonamides is 2. The molecule has 0 unspecified atom stereocenters. The molecule has 12 heteroatoms. The maximum atomic E-state index is 13.3. The molecule has 10 nitrogen and oxygen atoms in total. The van der Waals surface area contributed by atoms with Crippen molar-refractivity contribution in [3.63, 3.8) is 0 Å². The van der Waals surface area contributed by atoms with Gasteiger partial charge in [0.2, 0.25) is 15.9 Å². The van der Waals surface area contributed by atoms with Crippen LogP contribution in [0, 0.1) is 6.92 Å². The van der Waals surface area contributed by atoms with Crippen LogP contribution < -0.4 is 14.4 Å². The molecule has 4 rings (SSSR count). The van der Waals surface area contributed by atoms with E-state index in [-0.39, 0.29) is 22.9 Å². The molecule has 0 aliphatic carbocycles. The third-order valence-electron chi connectivity index (χ3n) is 6.06. The van der Waals surface area contributed by atoms with Gasteiger partial charge in [0.25, 0.3) is 10.0 Å². The Morgan fingerprint density at radius 1 is 0.897 bits per heavy atom. The van der Waals surface area contributed by atoms with Crippen LogP contribution in [0.4, 0.5) is 5.69 Å². The number of carbonyl (C=O) groups is 1. The van der Waals surface area contributed by atoms with Gasteiger partial charge in [0.1, 0.15) is 18.9 Å². The van der Waals surface area contributed by atoms with Gasteiger partial charge in [-0.1, -0.05) is 35.9 Å². The average molecular weight is 574 g/mol. The molecule has 0 aromatic heterocycles. The minimum absolute atomic E-state index is 0.0841. The first-order valence-corrected chi connectivity index (χ1v) is 15.3. The highest BCUT2D eigenvalue weighted by molar-refractivity contribution is 7.92. The van der Waals surface area contributed by atoms with Gasteiger partial charge < -0.3 is 14.8 Å². The first-order chi connectivity index (χ1) is 18.7. The molecule has 1 heterocycles. The van der Waals surface area contributed by atoms with Gasteiger partial charge in [-0.15, -0.1) is 0 Å². The number of nitrogens with one attached hydrogen (secondary N) is 1. The second-order valence-corrected chi connectivity index (χ2v) is 12.6. The number of nitrogens with zero attached hydrogens (tertiary/aromatic N) is 2. The van der Waals surface area contributed by atoms with Gasteiger partial charge in [-0.2, -0.15) is 4.31 Å². The molecule has 0 atom stereocenters. The van der Waals surface area contributed by atoms with Gasteiger partial charge in [-0.3, -0.25) is 9.10 Å². The summed E-state index contributed by atoms with van der Waals surface area (Å²) in [5, 5.41) is 2.68. The molecule has 39 heavy (non-hydrogen) atoms. The zero-order chi connectivity index (χ0) is 27.9. The Morgan fingerprint density at radius 3 is 2.18 bits per heavy atom. The third kappa shape index (κ3) is 7.15. The third-order valence-corrected chi connectivity index (χ3v) is 9.77. The predicted molar refractivity (Wildman–Crippen MR) is 147 cm³/mol. The van der Waals surface area contributed by atoms with Crippen molar-refractivity contribution in [2.45, 2.75) is 16.7 Å². The summed E-state index contributed by atoms with van der Waals surface area (Å²) in [5.41, 5.74) is 1.34. The van der Waals surface area contributed by atoms with E-state index in [9.17, 15) is 21.6 Å². The summed E-state index contributed by atoms with van der Waals surface area (Å²) in [5.74, 6) is -0.0521. The van der Waals surface area contributed by atoms with Crippen LogP contribution in [0.1, 0.15) is 5.56 Å². The van der Waals surface area contributed by atoms with Crippen LogP contribution in [0.2, 0.25) is 0 Å². The predicted octanol–water partition coefficient (Wildman–Crippen LogP) is 2.41. The average Bonchev–Trinajstić information content (AvgIpc) is 2.96. The number of hydrogen-bond donors (Lipinski definition) is 1. The van der Waals surface area contributed by atoms with Crippen LogP contribution in [0.5, 0.6) is 5.75 Å². The number of benzene rings is 3. The number of anilines is 1. The first kappa shape index (κ1) is 28.6. The molecular weight excluding hydrogens is 542 g/mol. The maximum absolute atomic E-state index is 13.3. The summed E-state index contributed by atoms with van der Waals surface area (Å²) >= 11 is 0. The van der Waals surface area contributed by atoms with Crippen molar-refractivity contribution in [3.05, 3.63) is 84.4 Å². The number of ether oxygens (including phenoxy) is 2. The Balaban J connectivity index is 1.33. The SMILES string of the molecule is Cc1ccc(N(CC(=O)NCCOc2ccc(S(=O)(=O)N3CCOCC3)cc2)S(=O)(=O)c2ccccc2)cc1. The van der Waals surface area contributed by atoms with E-state index < -0.39 is 32.5 Å². The van der Waals surface area contributed by atoms with Crippen molar-refractivity contribution in [3.8, 4) is 5.75 Å². The van der Waals surface area contributed by atoms with Crippen LogP contribution in [-0.4, -0.2) is 73.0 Å². The topological polar surface area (TPSA) is 122 Å². The minimum Gasteiger partial charge on any atom is -0.492 e. The fraction of sp³-hybridized carbons (Fsp3) is 0.296. The van der Waals surface area contributed by atoms with Crippen LogP contribution in [0.15, 0.2) is 88.7 Å². The summed E-state index contributed by atoms with van der Waals surface area (Å²) in [6.07, 6.45) is 0. The quantitative estimate of drug-likeness (QED) is 0.350. The Bertz CT molecular complexity index is 1460. The number of hydrogen-bond acceptors (Lipinski definition) is 7. The lowest BCUT2D eigenvalue weighted by atomic mass is 10.2. The smallest absolute Gasteiger partial charge is 0.264 e. The zero-order valence-electron chi connectivity index (χ0n) is 21.5. The molecule has 1 aliphatic rings. The van der Waals surface area contributed by atoms with Crippen LogP contribution in [0.25, 0.3) is 0 Å². The number of carbonyl (C=O) groups excluding carboxylic acids is 1. The van der Waals surface area contributed by atoms with Gasteiger partial charge >= 0.3 is 0 Å². The van der Waals surface area contributed by atoms with Crippen LogP contribution >= 0.6 is 0 Å². The molecule has 1 fully saturated rings. The number of aryl methyl sites for hydroxylation is 1. The minimum atomic E-state index is -3.98. The van der Waals surface area contributed by atoms with Crippen molar-refractivity contribution in [2.75, 3.05) is 50.3 Å². The first-order valence-electron chi connectivity index (χ1n) is 12.4. The monoisotopic (exact) mass is 573 g/mol. The summed E-state index contributed by atoms with van der Waals surface area (Å²) in [6.45, 7) is 3.08. The number of rotatable bonds is 11. The molecule has 3 aromatic carbocycles. The van der Waals surface area contributed by atoms with E-state index in [0.29, 0.717) is 37.7 Å². The fourth-order valence-electron chi connectivity index (χ4n) is 3.94. The van der Waals surface area contributed by atoms with E-state index in [1.54, 1.807) is 54.6 Å².